The quantitative estimate of drug-likeness (QED) is 0.633. The average molecular weight is 226 g/mol. The minimum Gasteiger partial charge on any atom is -0.507 e. The van der Waals surface area contributed by atoms with Crippen molar-refractivity contribution in [3.8, 4) is 0 Å². The van der Waals surface area contributed by atoms with Gasteiger partial charge in [-0.25, -0.2) is 0 Å². The Bertz CT molecular complexity index is 493. The number of carbonyl (C=O) groups excluding carboxylic acids is 1. The lowest BCUT2D eigenvalue weighted by Crippen LogP contribution is -2.00. The topological polar surface area (TPSA) is 37.3 Å². The molecule has 1 aliphatic rings. The fourth-order valence-electron chi connectivity index (χ4n) is 1.70. The number of ketones is 1. The van der Waals surface area contributed by atoms with Crippen molar-refractivity contribution in [2.45, 2.75) is 12.8 Å². The van der Waals surface area contributed by atoms with Gasteiger partial charge in [0.25, 0.3) is 0 Å². The van der Waals surface area contributed by atoms with Crippen LogP contribution >= 0.6 is 0 Å². The molecule has 1 aromatic carbocycles. The van der Waals surface area contributed by atoms with Gasteiger partial charge in [-0.1, -0.05) is 48.6 Å². The van der Waals surface area contributed by atoms with Crippen molar-refractivity contribution in [3.63, 3.8) is 0 Å². The van der Waals surface area contributed by atoms with Crippen LogP contribution in [0.15, 0.2) is 60.2 Å². The molecular formula is C15H14O2. The van der Waals surface area contributed by atoms with Crippen LogP contribution in [0.2, 0.25) is 0 Å². The maximum Gasteiger partial charge on any atom is 0.189 e. The van der Waals surface area contributed by atoms with Crippen LogP contribution in [0.1, 0.15) is 18.4 Å². The number of benzene rings is 1. The Hall–Kier alpha value is -2.09. The zero-order valence-corrected chi connectivity index (χ0v) is 9.47. The van der Waals surface area contributed by atoms with Crippen molar-refractivity contribution in [2.24, 2.45) is 0 Å². The number of aliphatic hydroxyl groups excluding tert-OH is 1. The molecule has 86 valence electrons. The van der Waals surface area contributed by atoms with Gasteiger partial charge in [0.15, 0.2) is 5.78 Å². The fourth-order valence-corrected chi connectivity index (χ4v) is 1.70. The van der Waals surface area contributed by atoms with Crippen LogP contribution in [-0.4, -0.2) is 10.9 Å². The van der Waals surface area contributed by atoms with E-state index >= 15 is 0 Å². The Morgan fingerprint density at radius 1 is 1.18 bits per heavy atom. The molecule has 0 amide bonds. The van der Waals surface area contributed by atoms with Gasteiger partial charge in [-0.15, -0.1) is 0 Å². The molecule has 1 aliphatic carbocycles. The predicted molar refractivity (Wildman–Crippen MR) is 68.5 cm³/mol. The summed E-state index contributed by atoms with van der Waals surface area (Å²) in [6, 6.07) is 9.05. The fraction of sp³-hybridized carbons (Fsp3) is 0.133. The van der Waals surface area contributed by atoms with Crippen molar-refractivity contribution < 1.29 is 9.90 Å². The molecule has 2 heteroatoms. The summed E-state index contributed by atoms with van der Waals surface area (Å²) in [5.41, 5.74) is 1.31. The number of carbonyl (C=O) groups is 1. The van der Waals surface area contributed by atoms with Crippen molar-refractivity contribution in [1.82, 2.24) is 0 Å². The summed E-state index contributed by atoms with van der Waals surface area (Å²) < 4.78 is 0. The lowest BCUT2D eigenvalue weighted by atomic mass is 10.0. The van der Waals surface area contributed by atoms with Gasteiger partial charge in [0.05, 0.1) is 0 Å². The van der Waals surface area contributed by atoms with E-state index in [0.717, 1.165) is 12.8 Å². The summed E-state index contributed by atoms with van der Waals surface area (Å²) in [5, 5.41) is 9.81. The second kappa shape index (κ2) is 5.30. The van der Waals surface area contributed by atoms with Crippen LogP contribution in [-0.2, 0) is 4.79 Å². The third-order valence-electron chi connectivity index (χ3n) is 2.62. The predicted octanol–water partition coefficient (Wildman–Crippen LogP) is 3.43. The van der Waals surface area contributed by atoms with Crippen molar-refractivity contribution in [2.75, 3.05) is 0 Å². The minimum absolute atomic E-state index is 0.00970. The first-order chi connectivity index (χ1) is 8.27. The van der Waals surface area contributed by atoms with Gasteiger partial charge in [0, 0.05) is 17.2 Å². The molecule has 0 radical (unpaired) electrons. The highest BCUT2D eigenvalue weighted by Crippen LogP contribution is 2.15. The third-order valence-corrected chi connectivity index (χ3v) is 2.62. The van der Waals surface area contributed by atoms with Crippen LogP contribution < -0.4 is 0 Å². The summed E-state index contributed by atoms with van der Waals surface area (Å²) >= 11 is 0. The van der Waals surface area contributed by atoms with Crippen molar-refractivity contribution in [1.29, 1.82) is 0 Å². The number of allylic oxidation sites excluding steroid dienone is 5. The second-order valence-electron chi connectivity index (χ2n) is 3.90. The number of hydrogen-bond acceptors (Lipinski definition) is 2. The second-order valence-corrected chi connectivity index (χ2v) is 3.90. The molecular weight excluding hydrogens is 212 g/mol. The Balaban J connectivity index is 2.17. The molecule has 2 rings (SSSR count). The van der Waals surface area contributed by atoms with Gasteiger partial charge in [-0.2, -0.15) is 0 Å². The number of hydrogen-bond donors (Lipinski definition) is 1. The maximum absolute atomic E-state index is 11.8. The van der Waals surface area contributed by atoms with Crippen LogP contribution in [0.25, 0.3) is 5.76 Å². The van der Waals surface area contributed by atoms with E-state index in [1.165, 1.54) is 6.08 Å². The molecule has 0 saturated carbocycles. The highest BCUT2D eigenvalue weighted by molar-refractivity contribution is 6.09. The zero-order valence-electron chi connectivity index (χ0n) is 9.47. The molecule has 0 bridgehead atoms. The molecule has 0 aliphatic heterocycles. The molecule has 0 fully saturated rings. The van der Waals surface area contributed by atoms with Gasteiger partial charge < -0.3 is 5.11 Å². The first kappa shape index (κ1) is 11.4. The first-order valence-corrected chi connectivity index (χ1v) is 5.64. The smallest absolute Gasteiger partial charge is 0.189 e. The van der Waals surface area contributed by atoms with Crippen LogP contribution in [0.4, 0.5) is 0 Å². The van der Waals surface area contributed by atoms with E-state index in [1.807, 2.05) is 30.4 Å². The molecule has 0 saturated heterocycles. The normalized spacial score (nSPS) is 15.5. The largest absolute Gasteiger partial charge is 0.507 e. The standard InChI is InChI=1S/C15H14O2/c16-14(12-7-3-1-4-8-12)11-15(17)13-9-5-2-6-10-13/h1,3-5,7-11,16H,2,6H2. The van der Waals surface area contributed by atoms with Gasteiger partial charge in [-0.05, 0) is 12.8 Å². The summed E-state index contributed by atoms with van der Waals surface area (Å²) in [5.74, 6) is -0.141. The summed E-state index contributed by atoms with van der Waals surface area (Å²) in [6.45, 7) is 0. The highest BCUT2D eigenvalue weighted by Gasteiger charge is 2.08. The van der Waals surface area contributed by atoms with E-state index in [0.29, 0.717) is 11.1 Å². The summed E-state index contributed by atoms with van der Waals surface area (Å²) in [6.07, 6.45) is 8.82. The third kappa shape index (κ3) is 2.94. The Kier molecular flexibility index (Phi) is 3.55. The monoisotopic (exact) mass is 226 g/mol. The van der Waals surface area contributed by atoms with Crippen LogP contribution in [0.5, 0.6) is 0 Å². The average Bonchev–Trinajstić information content (AvgIpc) is 2.40. The molecule has 0 atom stereocenters. The summed E-state index contributed by atoms with van der Waals surface area (Å²) in [7, 11) is 0. The lowest BCUT2D eigenvalue weighted by molar-refractivity contribution is -0.111. The Labute approximate surface area is 101 Å². The van der Waals surface area contributed by atoms with Gasteiger partial charge in [-0.3, -0.25) is 4.79 Å². The molecule has 1 N–H and O–H groups in total. The van der Waals surface area contributed by atoms with E-state index in [2.05, 4.69) is 0 Å². The molecule has 0 aromatic heterocycles. The van der Waals surface area contributed by atoms with Crippen LogP contribution in [0, 0.1) is 0 Å². The minimum atomic E-state index is -0.151. The van der Waals surface area contributed by atoms with E-state index in [9.17, 15) is 9.90 Å². The Morgan fingerprint density at radius 3 is 2.59 bits per heavy atom. The molecule has 0 unspecified atom stereocenters. The van der Waals surface area contributed by atoms with E-state index in [4.69, 9.17) is 0 Å². The van der Waals surface area contributed by atoms with Gasteiger partial charge in [0.2, 0.25) is 0 Å². The Morgan fingerprint density at radius 2 is 1.94 bits per heavy atom. The van der Waals surface area contributed by atoms with E-state index in [-0.39, 0.29) is 11.5 Å². The summed E-state index contributed by atoms with van der Waals surface area (Å²) in [4.78, 5) is 11.8. The van der Waals surface area contributed by atoms with Crippen LogP contribution in [0.3, 0.4) is 0 Å². The lowest BCUT2D eigenvalue weighted by Gasteiger charge is -2.04. The van der Waals surface area contributed by atoms with E-state index < -0.39 is 0 Å². The van der Waals surface area contributed by atoms with Gasteiger partial charge in [0.1, 0.15) is 5.76 Å². The highest BCUT2D eigenvalue weighted by atomic mass is 16.3. The van der Waals surface area contributed by atoms with Crippen molar-refractivity contribution in [3.05, 3.63) is 65.8 Å². The van der Waals surface area contributed by atoms with E-state index in [1.54, 1.807) is 18.2 Å². The SMILES string of the molecule is O=C(C=C(O)c1ccccc1)C1=CCCC=C1. The van der Waals surface area contributed by atoms with Gasteiger partial charge >= 0.3 is 0 Å². The molecule has 0 heterocycles. The number of aliphatic hydroxyl groups is 1. The molecule has 17 heavy (non-hydrogen) atoms. The number of rotatable bonds is 3. The maximum atomic E-state index is 11.8. The molecule has 0 spiro atoms. The molecule has 2 nitrogen and oxygen atoms in total. The van der Waals surface area contributed by atoms with Crippen molar-refractivity contribution >= 4 is 11.5 Å². The zero-order chi connectivity index (χ0) is 12.1. The molecule has 1 aromatic rings. The first-order valence-electron chi connectivity index (χ1n) is 5.64.